The van der Waals surface area contributed by atoms with Gasteiger partial charge in [0.25, 0.3) is 0 Å². The Labute approximate surface area is 144 Å². The van der Waals surface area contributed by atoms with Gasteiger partial charge in [0.1, 0.15) is 0 Å². The minimum atomic E-state index is -0.450. The number of nitrogens with zero attached hydrogens (tertiary/aromatic N) is 1. The largest absolute Gasteiger partial charge is 0.390 e. The third-order valence-corrected chi connectivity index (χ3v) is 7.46. The van der Waals surface area contributed by atoms with Gasteiger partial charge in [-0.05, 0) is 75.0 Å². The van der Waals surface area contributed by atoms with E-state index in [2.05, 4.69) is 4.90 Å². The van der Waals surface area contributed by atoms with Gasteiger partial charge in [0, 0.05) is 31.5 Å². The van der Waals surface area contributed by atoms with Crippen molar-refractivity contribution < 1.29 is 14.6 Å². The maximum Gasteiger partial charge on any atom is 0.223 e. The van der Waals surface area contributed by atoms with Gasteiger partial charge in [-0.2, -0.15) is 0 Å². The van der Waals surface area contributed by atoms with E-state index in [9.17, 15) is 9.90 Å². The molecule has 5 aliphatic carbocycles. The number of amides is 1. The van der Waals surface area contributed by atoms with E-state index in [1.54, 1.807) is 0 Å². The van der Waals surface area contributed by atoms with E-state index in [1.807, 2.05) is 0 Å². The molecule has 6 fully saturated rings. The molecule has 5 saturated carbocycles. The Morgan fingerprint density at radius 1 is 1.12 bits per heavy atom. The minimum absolute atomic E-state index is 0.106. The zero-order valence-corrected chi connectivity index (χ0v) is 14.7. The molecule has 1 heterocycles. The molecule has 0 spiro atoms. The monoisotopic (exact) mass is 333 g/mol. The Morgan fingerprint density at radius 2 is 1.88 bits per heavy atom. The van der Waals surface area contributed by atoms with Crippen LogP contribution in [0.3, 0.4) is 0 Å². The maximum absolute atomic E-state index is 13.2. The van der Waals surface area contributed by atoms with Crippen molar-refractivity contribution in [1.29, 1.82) is 0 Å². The summed E-state index contributed by atoms with van der Waals surface area (Å²) in [5, 5.41) is 10.9. The smallest absolute Gasteiger partial charge is 0.223 e. The molecule has 0 aromatic rings. The molecule has 3 atom stereocenters. The third kappa shape index (κ3) is 2.80. The van der Waals surface area contributed by atoms with Crippen molar-refractivity contribution in [3.8, 4) is 0 Å². The molecule has 4 heteroatoms. The van der Waals surface area contributed by atoms with E-state index >= 15 is 0 Å². The van der Waals surface area contributed by atoms with Crippen molar-refractivity contribution >= 4 is 5.91 Å². The van der Waals surface area contributed by atoms with Crippen LogP contribution in [0.2, 0.25) is 0 Å². The molecule has 6 aliphatic rings. The van der Waals surface area contributed by atoms with Gasteiger partial charge < -0.3 is 14.7 Å². The normalized spacial score (nSPS) is 46.5. The first kappa shape index (κ1) is 15.6. The Hall–Kier alpha value is -0.610. The second kappa shape index (κ2) is 5.44. The summed E-state index contributed by atoms with van der Waals surface area (Å²) >= 11 is 0. The molecule has 4 bridgehead atoms. The summed E-state index contributed by atoms with van der Waals surface area (Å²) in [6.07, 6.45) is 10.7. The molecule has 4 nitrogen and oxygen atoms in total. The van der Waals surface area contributed by atoms with Crippen molar-refractivity contribution in [3.63, 3.8) is 0 Å². The summed E-state index contributed by atoms with van der Waals surface area (Å²) < 4.78 is 5.51. The number of aliphatic hydroxyl groups is 1. The van der Waals surface area contributed by atoms with Crippen molar-refractivity contribution in [2.45, 2.75) is 75.9 Å². The summed E-state index contributed by atoms with van der Waals surface area (Å²) in [6, 6.07) is 0.495. The van der Waals surface area contributed by atoms with E-state index in [1.165, 1.54) is 32.1 Å². The highest BCUT2D eigenvalue weighted by Gasteiger charge is 2.58. The predicted octanol–water partition coefficient (Wildman–Crippen LogP) is 2.74. The molecule has 24 heavy (non-hydrogen) atoms. The molecule has 0 aromatic heterocycles. The molecule has 1 aliphatic heterocycles. The lowest BCUT2D eigenvalue weighted by molar-refractivity contribution is -0.172. The van der Waals surface area contributed by atoms with E-state index < -0.39 is 5.60 Å². The topological polar surface area (TPSA) is 49.8 Å². The molecular weight excluding hydrogens is 302 g/mol. The lowest BCUT2D eigenvalue weighted by Crippen LogP contribution is -2.56. The molecule has 1 N–H and O–H groups in total. The van der Waals surface area contributed by atoms with E-state index in [0.29, 0.717) is 36.1 Å². The highest BCUT2D eigenvalue weighted by Crippen LogP contribution is 2.63. The van der Waals surface area contributed by atoms with Gasteiger partial charge in [-0.15, -0.1) is 0 Å². The zero-order chi connectivity index (χ0) is 16.4. The molecule has 1 saturated heterocycles. The Morgan fingerprint density at radius 3 is 2.46 bits per heavy atom. The van der Waals surface area contributed by atoms with Gasteiger partial charge in [-0.3, -0.25) is 4.79 Å². The number of carbonyl (C=O) groups excluding carboxylic acids is 1. The summed E-state index contributed by atoms with van der Waals surface area (Å²) in [6.45, 7) is 2.58. The van der Waals surface area contributed by atoms with Crippen molar-refractivity contribution in [1.82, 2.24) is 4.90 Å². The Bertz CT molecular complexity index is 509. The van der Waals surface area contributed by atoms with E-state index in [0.717, 1.165) is 45.4 Å². The summed E-state index contributed by atoms with van der Waals surface area (Å²) in [7, 11) is 0. The van der Waals surface area contributed by atoms with Crippen LogP contribution in [0.15, 0.2) is 0 Å². The van der Waals surface area contributed by atoms with E-state index in [-0.39, 0.29) is 5.41 Å². The number of ether oxygens (including phenoxy) is 1. The van der Waals surface area contributed by atoms with Crippen molar-refractivity contribution in [2.24, 2.45) is 23.2 Å². The summed E-state index contributed by atoms with van der Waals surface area (Å²) in [4.78, 5) is 15.4. The van der Waals surface area contributed by atoms with Crippen LogP contribution in [-0.2, 0) is 9.53 Å². The molecule has 0 radical (unpaired) electrons. The Balaban J connectivity index is 1.30. The van der Waals surface area contributed by atoms with Crippen LogP contribution < -0.4 is 0 Å². The molecule has 1 amide bonds. The summed E-state index contributed by atoms with van der Waals surface area (Å²) in [5.41, 5.74) is -0.344. The second-order valence-electron chi connectivity index (χ2n) is 9.87. The fourth-order valence-electron chi connectivity index (χ4n) is 6.88. The molecule has 6 rings (SSSR count). The van der Waals surface area contributed by atoms with Crippen LogP contribution in [0, 0.1) is 23.2 Å². The predicted molar refractivity (Wildman–Crippen MR) is 90.3 cm³/mol. The van der Waals surface area contributed by atoms with Gasteiger partial charge in [0.15, 0.2) is 0 Å². The zero-order valence-electron chi connectivity index (χ0n) is 14.7. The van der Waals surface area contributed by atoms with Crippen LogP contribution in [-0.4, -0.2) is 47.3 Å². The average molecular weight is 333 g/mol. The van der Waals surface area contributed by atoms with Crippen molar-refractivity contribution in [2.75, 3.05) is 19.8 Å². The van der Waals surface area contributed by atoms with Crippen LogP contribution in [0.1, 0.15) is 64.2 Å². The first-order valence-corrected chi connectivity index (χ1v) is 10.1. The van der Waals surface area contributed by atoms with E-state index in [4.69, 9.17) is 4.74 Å². The molecule has 0 aromatic carbocycles. The SMILES string of the molecule is O=C(CC12CC3CC(CC(O)(C3)C1)C2)N(CC1CCOC1)C1CC1. The minimum Gasteiger partial charge on any atom is -0.390 e. The highest BCUT2D eigenvalue weighted by molar-refractivity contribution is 5.77. The first-order valence-electron chi connectivity index (χ1n) is 10.1. The van der Waals surface area contributed by atoms with Gasteiger partial charge >= 0.3 is 0 Å². The number of hydrogen-bond acceptors (Lipinski definition) is 3. The van der Waals surface area contributed by atoms with Crippen LogP contribution in [0.5, 0.6) is 0 Å². The third-order valence-electron chi connectivity index (χ3n) is 7.46. The fourth-order valence-corrected chi connectivity index (χ4v) is 6.88. The lowest BCUT2D eigenvalue weighted by atomic mass is 9.47. The van der Waals surface area contributed by atoms with Gasteiger partial charge in [-0.1, -0.05) is 0 Å². The summed E-state index contributed by atoms with van der Waals surface area (Å²) in [5.74, 6) is 2.24. The van der Waals surface area contributed by atoms with Crippen molar-refractivity contribution in [3.05, 3.63) is 0 Å². The Kier molecular flexibility index (Phi) is 3.54. The van der Waals surface area contributed by atoms with Crippen LogP contribution in [0.4, 0.5) is 0 Å². The number of hydrogen-bond donors (Lipinski definition) is 1. The number of rotatable bonds is 5. The lowest BCUT2D eigenvalue weighted by Gasteiger charge is -2.60. The van der Waals surface area contributed by atoms with Gasteiger partial charge in [0.2, 0.25) is 5.91 Å². The van der Waals surface area contributed by atoms with Gasteiger partial charge in [0.05, 0.1) is 12.2 Å². The molecule has 134 valence electrons. The number of carbonyl (C=O) groups is 1. The van der Waals surface area contributed by atoms with Gasteiger partial charge in [-0.25, -0.2) is 0 Å². The first-order chi connectivity index (χ1) is 11.5. The highest BCUT2D eigenvalue weighted by atomic mass is 16.5. The second-order valence-corrected chi connectivity index (χ2v) is 9.87. The van der Waals surface area contributed by atoms with Crippen LogP contribution in [0.25, 0.3) is 0 Å². The maximum atomic E-state index is 13.2. The average Bonchev–Trinajstić information content (AvgIpc) is 3.17. The fraction of sp³-hybridized carbons (Fsp3) is 0.950. The molecule has 3 unspecified atom stereocenters. The standard InChI is InChI=1S/C20H31NO3/c22-18(21(17-1-2-17)11-14-3-4-24-12-14)10-19-6-15-5-16(7-19)9-20(23,8-15)13-19/h14-17,23H,1-13H2. The quantitative estimate of drug-likeness (QED) is 0.841. The molecular formula is C20H31NO3. The van der Waals surface area contributed by atoms with Crippen LogP contribution >= 0.6 is 0 Å².